The van der Waals surface area contributed by atoms with Crippen LogP contribution < -0.4 is 4.74 Å². The molecule has 1 aromatic rings. The fraction of sp³-hybridized carbons (Fsp3) is 0.579. The number of fused-ring (bicyclic) bond motifs is 1. The van der Waals surface area contributed by atoms with Crippen LogP contribution in [0, 0.1) is 24.2 Å². The van der Waals surface area contributed by atoms with Gasteiger partial charge in [-0.2, -0.15) is 0 Å². The van der Waals surface area contributed by atoms with E-state index in [9.17, 15) is 14.4 Å². The van der Waals surface area contributed by atoms with Gasteiger partial charge in [-0.1, -0.05) is 6.42 Å². The van der Waals surface area contributed by atoms with Crippen LogP contribution in [0.3, 0.4) is 0 Å². The monoisotopic (exact) mass is 385 g/mol. The van der Waals surface area contributed by atoms with Crippen molar-refractivity contribution in [3.63, 3.8) is 0 Å². The number of rotatable bonds is 4. The smallest absolute Gasteiger partial charge is 0.349 e. The summed E-state index contributed by atoms with van der Waals surface area (Å²) < 4.78 is 5.87. The Bertz CT molecular complexity index is 839. The van der Waals surface area contributed by atoms with Crippen LogP contribution in [-0.4, -0.2) is 70.6 Å². The first-order valence-corrected chi connectivity index (χ1v) is 9.45. The number of hydrogen-bond acceptors (Lipinski definition) is 6. The predicted molar refractivity (Wildman–Crippen MR) is 98.8 cm³/mol. The third kappa shape index (κ3) is 3.14. The minimum Gasteiger partial charge on any atom is -0.463 e. The summed E-state index contributed by atoms with van der Waals surface area (Å²) in [5.74, 6) is -1.54. The van der Waals surface area contributed by atoms with Gasteiger partial charge < -0.3 is 9.64 Å². The maximum atomic E-state index is 13.0. The SMILES string of the molecule is Cc1cnc(OCC23CCCC2CN(C(=O)C2C=NC(=O)N(C)C2=O)C3)nc1. The number of aryl methyl sites for hydroxylation is 1. The van der Waals surface area contributed by atoms with Gasteiger partial charge in [0, 0.05) is 44.2 Å². The molecule has 9 heteroatoms. The van der Waals surface area contributed by atoms with Gasteiger partial charge in [0.2, 0.25) is 11.8 Å². The quantitative estimate of drug-likeness (QED) is 0.718. The van der Waals surface area contributed by atoms with Gasteiger partial charge in [-0.25, -0.2) is 19.8 Å². The average Bonchev–Trinajstić information content (AvgIpc) is 3.23. The summed E-state index contributed by atoms with van der Waals surface area (Å²) in [4.78, 5) is 51.4. The summed E-state index contributed by atoms with van der Waals surface area (Å²) in [5.41, 5.74) is 0.810. The molecule has 3 aliphatic rings. The van der Waals surface area contributed by atoms with E-state index >= 15 is 0 Å². The highest BCUT2D eigenvalue weighted by Gasteiger charge is 2.52. The van der Waals surface area contributed by atoms with Crippen LogP contribution >= 0.6 is 0 Å². The van der Waals surface area contributed by atoms with E-state index in [-0.39, 0.29) is 11.3 Å². The number of nitrogens with zero attached hydrogens (tertiary/aromatic N) is 5. The maximum absolute atomic E-state index is 13.0. The summed E-state index contributed by atoms with van der Waals surface area (Å²) >= 11 is 0. The highest BCUT2D eigenvalue weighted by atomic mass is 16.5. The van der Waals surface area contributed by atoms with E-state index in [1.165, 1.54) is 13.3 Å². The number of hydrogen-bond donors (Lipinski definition) is 0. The van der Waals surface area contributed by atoms with E-state index in [4.69, 9.17) is 4.74 Å². The molecule has 1 saturated heterocycles. The molecular weight excluding hydrogens is 362 g/mol. The van der Waals surface area contributed by atoms with E-state index < -0.39 is 17.9 Å². The minimum absolute atomic E-state index is 0.152. The second kappa shape index (κ2) is 6.96. The molecule has 0 aromatic carbocycles. The molecule has 1 aromatic heterocycles. The van der Waals surface area contributed by atoms with E-state index in [0.29, 0.717) is 31.6 Å². The predicted octanol–water partition coefficient (Wildman–Crippen LogP) is 1.07. The Balaban J connectivity index is 1.46. The molecule has 3 atom stereocenters. The number of likely N-dealkylation sites (tertiary alicyclic amines) is 1. The topological polar surface area (TPSA) is 105 Å². The number of aromatic nitrogens is 2. The van der Waals surface area contributed by atoms with Crippen molar-refractivity contribution in [1.29, 1.82) is 0 Å². The summed E-state index contributed by atoms with van der Waals surface area (Å²) in [6.45, 7) is 3.47. The third-order valence-corrected chi connectivity index (χ3v) is 6.08. The summed E-state index contributed by atoms with van der Waals surface area (Å²) in [6.07, 6.45) is 7.66. The zero-order chi connectivity index (χ0) is 19.9. The number of amides is 4. The molecule has 0 N–H and O–H groups in total. The van der Waals surface area contributed by atoms with Crippen LogP contribution in [0.4, 0.5) is 4.79 Å². The number of aliphatic imine (C=N–C) groups is 1. The van der Waals surface area contributed by atoms with Crippen molar-refractivity contribution in [2.24, 2.45) is 22.2 Å². The minimum atomic E-state index is -1.03. The molecular formula is C19H23N5O4. The van der Waals surface area contributed by atoms with Gasteiger partial charge >= 0.3 is 12.0 Å². The molecule has 0 radical (unpaired) electrons. The Hall–Kier alpha value is -2.84. The molecule has 0 bridgehead atoms. The molecule has 4 rings (SSSR count). The van der Waals surface area contributed by atoms with Crippen molar-refractivity contribution in [2.75, 3.05) is 26.7 Å². The number of imide groups is 1. The van der Waals surface area contributed by atoms with Gasteiger partial charge in [-0.3, -0.25) is 14.5 Å². The lowest BCUT2D eigenvalue weighted by molar-refractivity contribution is -0.141. The number of carbonyl (C=O) groups excluding carboxylic acids is 3. The average molecular weight is 385 g/mol. The first kappa shape index (κ1) is 18.5. The van der Waals surface area contributed by atoms with Gasteiger partial charge in [-0.15, -0.1) is 0 Å². The number of carbonyl (C=O) groups is 3. The van der Waals surface area contributed by atoms with Gasteiger partial charge in [0.15, 0.2) is 5.92 Å². The molecule has 9 nitrogen and oxygen atoms in total. The highest BCUT2D eigenvalue weighted by Crippen LogP contribution is 2.49. The first-order valence-electron chi connectivity index (χ1n) is 9.45. The molecule has 3 unspecified atom stereocenters. The number of urea groups is 1. The Labute approximate surface area is 162 Å². The van der Waals surface area contributed by atoms with Gasteiger partial charge in [0.25, 0.3) is 0 Å². The molecule has 28 heavy (non-hydrogen) atoms. The van der Waals surface area contributed by atoms with Crippen molar-refractivity contribution in [2.45, 2.75) is 26.2 Å². The lowest BCUT2D eigenvalue weighted by Gasteiger charge is -2.29. The zero-order valence-electron chi connectivity index (χ0n) is 16.0. The standard InChI is InChI=1S/C19H23N5O4/c1-12-6-20-17(21-7-12)28-11-19-5-3-4-13(19)9-24(10-19)16(26)14-8-22-18(27)23(2)15(14)25/h6-8,13-14H,3-5,9-11H2,1-2H3. The summed E-state index contributed by atoms with van der Waals surface area (Å²) in [6, 6.07) is -0.305. The van der Waals surface area contributed by atoms with Gasteiger partial charge in [0.1, 0.15) is 0 Å². The molecule has 2 aliphatic heterocycles. The van der Waals surface area contributed by atoms with Crippen molar-refractivity contribution in [3.8, 4) is 6.01 Å². The lowest BCUT2D eigenvalue weighted by Crippen LogP contribution is -2.48. The summed E-state index contributed by atoms with van der Waals surface area (Å²) in [7, 11) is 1.34. The zero-order valence-corrected chi connectivity index (χ0v) is 16.0. The van der Waals surface area contributed by atoms with Crippen molar-refractivity contribution in [3.05, 3.63) is 18.0 Å². The molecule has 1 saturated carbocycles. The van der Waals surface area contributed by atoms with Gasteiger partial charge in [-0.05, 0) is 31.2 Å². The largest absolute Gasteiger partial charge is 0.463 e. The van der Waals surface area contributed by atoms with E-state index in [1.807, 2.05) is 6.92 Å². The third-order valence-electron chi connectivity index (χ3n) is 6.08. The second-order valence-corrected chi connectivity index (χ2v) is 7.94. The van der Waals surface area contributed by atoms with Crippen LogP contribution in [0.5, 0.6) is 6.01 Å². The van der Waals surface area contributed by atoms with Crippen LogP contribution in [0.15, 0.2) is 17.4 Å². The normalized spacial score (nSPS) is 29.4. The lowest BCUT2D eigenvalue weighted by atomic mass is 9.82. The highest BCUT2D eigenvalue weighted by molar-refractivity contribution is 6.20. The number of ether oxygens (including phenoxy) is 1. The van der Waals surface area contributed by atoms with Crippen LogP contribution in [-0.2, 0) is 9.59 Å². The fourth-order valence-electron chi connectivity index (χ4n) is 4.44. The second-order valence-electron chi connectivity index (χ2n) is 7.94. The van der Waals surface area contributed by atoms with Crippen LogP contribution in [0.1, 0.15) is 24.8 Å². The Morgan fingerprint density at radius 3 is 2.82 bits per heavy atom. The maximum Gasteiger partial charge on any atom is 0.349 e. The van der Waals surface area contributed by atoms with Crippen LogP contribution in [0.25, 0.3) is 0 Å². The van der Waals surface area contributed by atoms with E-state index in [1.54, 1.807) is 17.3 Å². The molecule has 4 amide bonds. The van der Waals surface area contributed by atoms with E-state index in [0.717, 1.165) is 29.7 Å². The Morgan fingerprint density at radius 2 is 2.07 bits per heavy atom. The Morgan fingerprint density at radius 1 is 1.32 bits per heavy atom. The van der Waals surface area contributed by atoms with Crippen molar-refractivity contribution >= 4 is 24.1 Å². The molecule has 0 spiro atoms. The fourth-order valence-corrected chi connectivity index (χ4v) is 4.44. The van der Waals surface area contributed by atoms with Crippen LogP contribution in [0.2, 0.25) is 0 Å². The van der Waals surface area contributed by atoms with Crippen molar-refractivity contribution < 1.29 is 19.1 Å². The molecule has 2 fully saturated rings. The molecule has 1 aliphatic carbocycles. The molecule has 3 heterocycles. The molecule has 148 valence electrons. The Kier molecular flexibility index (Phi) is 4.60. The van der Waals surface area contributed by atoms with E-state index in [2.05, 4.69) is 15.0 Å². The van der Waals surface area contributed by atoms with Gasteiger partial charge in [0.05, 0.1) is 6.61 Å². The van der Waals surface area contributed by atoms with Crippen molar-refractivity contribution in [1.82, 2.24) is 19.8 Å². The first-order chi connectivity index (χ1) is 13.4. The summed E-state index contributed by atoms with van der Waals surface area (Å²) in [5, 5.41) is 0.